The second kappa shape index (κ2) is 4.35. The number of nitrogens with one attached hydrogen (secondary N) is 1. The summed E-state index contributed by atoms with van der Waals surface area (Å²) in [4.78, 5) is 7.86. The van der Waals surface area contributed by atoms with Crippen molar-refractivity contribution in [1.29, 1.82) is 0 Å². The number of imidazole rings is 1. The summed E-state index contributed by atoms with van der Waals surface area (Å²) >= 11 is 2.12. The first-order valence-electron chi connectivity index (χ1n) is 5.56. The summed E-state index contributed by atoms with van der Waals surface area (Å²) in [5.74, 6) is 0.555. The number of aromatic amines is 1. The van der Waals surface area contributed by atoms with Crippen LogP contribution in [0.3, 0.4) is 0 Å². The van der Waals surface area contributed by atoms with Crippen molar-refractivity contribution in [2.45, 2.75) is 6.92 Å². The van der Waals surface area contributed by atoms with Crippen molar-refractivity contribution in [2.24, 2.45) is 0 Å². The van der Waals surface area contributed by atoms with Crippen LogP contribution in [0.4, 0.5) is 4.39 Å². The lowest BCUT2D eigenvalue weighted by Gasteiger charge is -2.00. The first-order valence-corrected chi connectivity index (χ1v) is 6.64. The first kappa shape index (κ1) is 11.6. The molecular formula is C14H10FIN2. The average Bonchev–Trinajstić information content (AvgIpc) is 2.74. The quantitative estimate of drug-likeness (QED) is 0.651. The van der Waals surface area contributed by atoms with E-state index in [9.17, 15) is 4.39 Å². The highest BCUT2D eigenvalue weighted by atomic mass is 127. The highest BCUT2D eigenvalue weighted by Crippen LogP contribution is 2.26. The highest BCUT2D eigenvalue weighted by molar-refractivity contribution is 14.1. The van der Waals surface area contributed by atoms with Crippen LogP contribution < -0.4 is 0 Å². The third-order valence-electron chi connectivity index (χ3n) is 2.90. The topological polar surface area (TPSA) is 28.7 Å². The molecule has 3 aromatic rings. The summed E-state index contributed by atoms with van der Waals surface area (Å²) in [5.41, 5.74) is 4.03. The van der Waals surface area contributed by atoms with Gasteiger partial charge < -0.3 is 4.98 Å². The molecule has 18 heavy (non-hydrogen) atoms. The molecule has 0 spiro atoms. The molecule has 0 unspecified atom stereocenters. The van der Waals surface area contributed by atoms with Crippen molar-refractivity contribution in [3.8, 4) is 11.4 Å². The van der Waals surface area contributed by atoms with Crippen molar-refractivity contribution < 1.29 is 4.39 Å². The molecule has 3 rings (SSSR count). The first-order chi connectivity index (χ1) is 8.65. The Kier molecular flexibility index (Phi) is 2.81. The Morgan fingerprint density at radius 1 is 1.22 bits per heavy atom. The van der Waals surface area contributed by atoms with Crippen LogP contribution in [0.2, 0.25) is 0 Å². The van der Waals surface area contributed by atoms with Gasteiger partial charge in [-0.15, -0.1) is 0 Å². The minimum absolute atomic E-state index is 0.226. The van der Waals surface area contributed by atoms with Crippen LogP contribution in [0.15, 0.2) is 36.4 Å². The molecule has 0 radical (unpaired) electrons. The Morgan fingerprint density at radius 2 is 2.06 bits per heavy atom. The Hall–Kier alpha value is -1.43. The van der Waals surface area contributed by atoms with Gasteiger partial charge in [-0.05, 0) is 59.3 Å². The SMILES string of the molecule is Cc1cccc2[nH]c(-c3ccc(F)cc3I)nc12. The van der Waals surface area contributed by atoms with E-state index in [0.29, 0.717) is 0 Å². The zero-order valence-electron chi connectivity index (χ0n) is 9.67. The van der Waals surface area contributed by atoms with Crippen LogP contribution in [-0.4, -0.2) is 9.97 Å². The number of nitrogens with zero attached hydrogens (tertiary/aromatic N) is 1. The molecule has 1 aromatic heterocycles. The van der Waals surface area contributed by atoms with Crippen molar-refractivity contribution in [3.05, 3.63) is 51.3 Å². The standard InChI is InChI=1S/C14H10FIN2/c1-8-3-2-4-12-13(8)18-14(17-12)10-6-5-9(15)7-11(10)16/h2-7H,1H3,(H,17,18). The molecule has 0 saturated carbocycles. The lowest BCUT2D eigenvalue weighted by atomic mass is 10.2. The van der Waals surface area contributed by atoms with Crippen LogP contribution in [0.5, 0.6) is 0 Å². The molecule has 2 nitrogen and oxygen atoms in total. The van der Waals surface area contributed by atoms with Crippen LogP contribution in [0.25, 0.3) is 22.4 Å². The number of benzene rings is 2. The van der Waals surface area contributed by atoms with Gasteiger partial charge in [-0.2, -0.15) is 0 Å². The van der Waals surface area contributed by atoms with Crippen molar-refractivity contribution in [2.75, 3.05) is 0 Å². The molecule has 0 atom stereocenters. The largest absolute Gasteiger partial charge is 0.338 e. The Balaban J connectivity index is 2.23. The maximum atomic E-state index is 13.1. The molecule has 0 bridgehead atoms. The zero-order chi connectivity index (χ0) is 12.7. The monoisotopic (exact) mass is 352 g/mol. The van der Waals surface area contributed by atoms with E-state index in [1.807, 2.05) is 25.1 Å². The summed E-state index contributed by atoms with van der Waals surface area (Å²) in [7, 11) is 0. The number of aromatic nitrogens is 2. The second-order valence-corrected chi connectivity index (χ2v) is 5.34. The maximum absolute atomic E-state index is 13.1. The minimum Gasteiger partial charge on any atom is -0.338 e. The molecule has 0 fully saturated rings. The van der Waals surface area contributed by atoms with Gasteiger partial charge >= 0.3 is 0 Å². The molecule has 1 N–H and O–H groups in total. The molecule has 0 aliphatic rings. The summed E-state index contributed by atoms with van der Waals surface area (Å²) in [6.45, 7) is 2.03. The molecule has 4 heteroatoms. The zero-order valence-corrected chi connectivity index (χ0v) is 11.8. The van der Waals surface area contributed by atoms with E-state index in [1.165, 1.54) is 12.1 Å². The van der Waals surface area contributed by atoms with E-state index >= 15 is 0 Å². The predicted octanol–water partition coefficient (Wildman–Crippen LogP) is 4.28. The number of halogens is 2. The smallest absolute Gasteiger partial charge is 0.139 e. The van der Waals surface area contributed by atoms with E-state index in [1.54, 1.807) is 6.07 Å². The third kappa shape index (κ3) is 1.90. The number of H-pyrrole nitrogens is 1. The van der Waals surface area contributed by atoms with Crippen molar-refractivity contribution in [1.82, 2.24) is 9.97 Å². The van der Waals surface area contributed by atoms with Gasteiger partial charge in [-0.3, -0.25) is 0 Å². The molecule has 0 aliphatic heterocycles. The number of para-hydroxylation sites is 1. The molecular weight excluding hydrogens is 342 g/mol. The molecule has 0 aliphatic carbocycles. The normalized spacial score (nSPS) is 11.1. The summed E-state index contributed by atoms with van der Waals surface area (Å²) in [6.07, 6.45) is 0. The number of hydrogen-bond acceptors (Lipinski definition) is 1. The Morgan fingerprint density at radius 3 is 2.78 bits per heavy atom. The van der Waals surface area contributed by atoms with Gasteiger partial charge in [0, 0.05) is 9.13 Å². The maximum Gasteiger partial charge on any atom is 0.139 e. The lowest BCUT2D eigenvalue weighted by Crippen LogP contribution is -1.86. The van der Waals surface area contributed by atoms with Crippen molar-refractivity contribution >= 4 is 33.6 Å². The van der Waals surface area contributed by atoms with Crippen LogP contribution in [0, 0.1) is 16.3 Å². The summed E-state index contributed by atoms with van der Waals surface area (Å²) in [6, 6.07) is 10.7. The van der Waals surface area contributed by atoms with Gasteiger partial charge in [0.2, 0.25) is 0 Å². The van der Waals surface area contributed by atoms with E-state index in [0.717, 1.165) is 31.6 Å². The van der Waals surface area contributed by atoms with E-state index in [-0.39, 0.29) is 5.82 Å². The fourth-order valence-corrected chi connectivity index (χ4v) is 2.72. The van der Waals surface area contributed by atoms with Gasteiger partial charge in [0.1, 0.15) is 11.6 Å². The molecule has 1 heterocycles. The van der Waals surface area contributed by atoms with Gasteiger partial charge in [-0.25, -0.2) is 9.37 Å². The van der Waals surface area contributed by atoms with Crippen LogP contribution in [-0.2, 0) is 0 Å². The fraction of sp³-hybridized carbons (Fsp3) is 0.0714. The van der Waals surface area contributed by atoms with Gasteiger partial charge in [0.15, 0.2) is 0 Å². The van der Waals surface area contributed by atoms with Gasteiger partial charge in [-0.1, -0.05) is 12.1 Å². The van der Waals surface area contributed by atoms with Gasteiger partial charge in [0.25, 0.3) is 0 Å². The van der Waals surface area contributed by atoms with Gasteiger partial charge in [0.05, 0.1) is 11.0 Å². The summed E-state index contributed by atoms with van der Waals surface area (Å²) < 4.78 is 13.9. The van der Waals surface area contributed by atoms with Crippen LogP contribution in [0.1, 0.15) is 5.56 Å². The highest BCUT2D eigenvalue weighted by Gasteiger charge is 2.10. The third-order valence-corrected chi connectivity index (χ3v) is 3.79. The van der Waals surface area contributed by atoms with E-state index in [2.05, 4.69) is 32.6 Å². The van der Waals surface area contributed by atoms with E-state index in [4.69, 9.17) is 0 Å². The van der Waals surface area contributed by atoms with E-state index < -0.39 is 0 Å². The molecule has 0 saturated heterocycles. The van der Waals surface area contributed by atoms with Crippen molar-refractivity contribution in [3.63, 3.8) is 0 Å². The minimum atomic E-state index is -0.226. The fourth-order valence-electron chi connectivity index (χ4n) is 1.98. The Labute approximate surface area is 117 Å². The lowest BCUT2D eigenvalue weighted by molar-refractivity contribution is 0.627. The predicted molar refractivity (Wildman–Crippen MR) is 78.9 cm³/mol. The number of hydrogen-bond donors (Lipinski definition) is 1. The average molecular weight is 352 g/mol. The molecule has 0 amide bonds. The number of fused-ring (bicyclic) bond motifs is 1. The number of rotatable bonds is 1. The number of aryl methyl sites for hydroxylation is 1. The molecule has 90 valence electrons. The molecule has 2 aromatic carbocycles. The Bertz CT molecular complexity index is 734. The second-order valence-electron chi connectivity index (χ2n) is 4.18. The van der Waals surface area contributed by atoms with Crippen LogP contribution >= 0.6 is 22.6 Å². The summed E-state index contributed by atoms with van der Waals surface area (Å²) in [5, 5.41) is 0.